The minimum Gasteiger partial charge on any atom is -0.389 e. The molecule has 1 saturated carbocycles. The number of aliphatic hydroxyl groups is 1. The molecule has 0 spiro atoms. The topological polar surface area (TPSA) is 58.6 Å². The Morgan fingerprint density at radius 3 is 2.64 bits per heavy atom. The number of rotatable bonds is 8. The summed E-state index contributed by atoms with van der Waals surface area (Å²) in [6.45, 7) is 4.93. The van der Waals surface area contributed by atoms with E-state index in [1.807, 2.05) is 13.8 Å². The van der Waals surface area contributed by atoms with Gasteiger partial charge in [0.25, 0.3) is 0 Å². The van der Waals surface area contributed by atoms with Crippen LogP contribution in [0.1, 0.15) is 32.3 Å². The minimum absolute atomic E-state index is 0.118. The van der Waals surface area contributed by atoms with Crippen LogP contribution in [0, 0.1) is 11.7 Å². The molecular formula is C17H24FNO3. The summed E-state index contributed by atoms with van der Waals surface area (Å²) in [5.74, 6) is -0.172. The molecule has 1 amide bonds. The lowest BCUT2D eigenvalue weighted by molar-refractivity contribution is -0.124. The van der Waals surface area contributed by atoms with E-state index in [9.17, 15) is 14.3 Å². The molecule has 1 atom stereocenters. The van der Waals surface area contributed by atoms with Crippen LogP contribution >= 0.6 is 0 Å². The fraction of sp³-hybridized carbons (Fsp3) is 0.588. The predicted molar refractivity (Wildman–Crippen MR) is 82.0 cm³/mol. The molecule has 1 unspecified atom stereocenters. The molecule has 0 saturated heterocycles. The first-order valence-electron chi connectivity index (χ1n) is 7.75. The van der Waals surface area contributed by atoms with Gasteiger partial charge in [-0.2, -0.15) is 0 Å². The van der Waals surface area contributed by atoms with Crippen molar-refractivity contribution in [1.82, 2.24) is 5.32 Å². The van der Waals surface area contributed by atoms with Crippen LogP contribution in [-0.4, -0.2) is 36.9 Å². The summed E-state index contributed by atoms with van der Waals surface area (Å²) >= 11 is 0. The Hall–Kier alpha value is -1.46. The first-order valence-corrected chi connectivity index (χ1v) is 7.75. The summed E-state index contributed by atoms with van der Waals surface area (Å²) < 4.78 is 19.2. The zero-order valence-electron chi connectivity index (χ0n) is 13.1. The summed E-state index contributed by atoms with van der Waals surface area (Å²) in [6.07, 6.45) is 0.526. The standard InChI is InChI=1S/C17H24FNO3/c1-12(2)10-22-11-13(20)9-19-16(21)17(7-8-17)14-5-3-4-6-15(14)18/h3-6,12-13,20H,7-11H2,1-2H3,(H,19,21). The summed E-state index contributed by atoms with van der Waals surface area (Å²) in [5.41, 5.74) is -0.317. The maximum Gasteiger partial charge on any atom is 0.230 e. The SMILES string of the molecule is CC(C)COCC(O)CNC(=O)C1(c2ccccc2F)CC1. The van der Waals surface area contributed by atoms with Gasteiger partial charge < -0.3 is 15.2 Å². The van der Waals surface area contributed by atoms with E-state index >= 15 is 0 Å². The van der Waals surface area contributed by atoms with Crippen molar-refractivity contribution >= 4 is 5.91 Å². The highest BCUT2D eigenvalue weighted by atomic mass is 19.1. The Labute approximate surface area is 130 Å². The van der Waals surface area contributed by atoms with Gasteiger partial charge in [-0.1, -0.05) is 32.0 Å². The average molecular weight is 309 g/mol. The number of amides is 1. The quantitative estimate of drug-likeness (QED) is 0.772. The third-order valence-corrected chi connectivity index (χ3v) is 3.83. The lowest BCUT2D eigenvalue weighted by atomic mass is 9.94. The van der Waals surface area contributed by atoms with E-state index in [2.05, 4.69) is 5.32 Å². The number of aliphatic hydroxyl groups excluding tert-OH is 1. The van der Waals surface area contributed by atoms with Crippen LogP contribution in [-0.2, 0) is 14.9 Å². The van der Waals surface area contributed by atoms with Gasteiger partial charge in [0.05, 0.1) is 18.1 Å². The van der Waals surface area contributed by atoms with Crippen LogP contribution in [0.2, 0.25) is 0 Å². The molecule has 4 nitrogen and oxygen atoms in total. The second kappa shape index (κ2) is 7.20. The molecule has 22 heavy (non-hydrogen) atoms. The number of carbonyl (C=O) groups is 1. The Morgan fingerprint density at radius 2 is 2.05 bits per heavy atom. The van der Waals surface area contributed by atoms with Crippen molar-refractivity contribution < 1.29 is 19.0 Å². The third kappa shape index (κ3) is 4.05. The molecule has 0 heterocycles. The van der Waals surface area contributed by atoms with Crippen molar-refractivity contribution in [1.29, 1.82) is 0 Å². The molecule has 0 radical (unpaired) electrons. The van der Waals surface area contributed by atoms with E-state index in [0.717, 1.165) is 0 Å². The van der Waals surface area contributed by atoms with Crippen LogP contribution in [0.25, 0.3) is 0 Å². The monoisotopic (exact) mass is 309 g/mol. The van der Waals surface area contributed by atoms with Crippen molar-refractivity contribution in [3.05, 3.63) is 35.6 Å². The number of ether oxygens (including phenoxy) is 1. The van der Waals surface area contributed by atoms with Crippen LogP contribution in [0.15, 0.2) is 24.3 Å². The Balaban J connectivity index is 1.84. The molecule has 5 heteroatoms. The highest BCUT2D eigenvalue weighted by molar-refractivity contribution is 5.91. The number of nitrogens with one attached hydrogen (secondary N) is 1. The molecule has 0 aromatic heterocycles. The molecule has 2 rings (SSSR count). The molecular weight excluding hydrogens is 285 g/mol. The van der Waals surface area contributed by atoms with Gasteiger partial charge in [-0.15, -0.1) is 0 Å². The zero-order chi connectivity index (χ0) is 16.2. The molecule has 1 aromatic carbocycles. The molecule has 1 aromatic rings. The smallest absolute Gasteiger partial charge is 0.230 e. The van der Waals surface area contributed by atoms with Crippen LogP contribution < -0.4 is 5.32 Å². The summed E-state index contributed by atoms with van der Waals surface area (Å²) in [6, 6.07) is 6.38. The molecule has 0 bridgehead atoms. The van der Waals surface area contributed by atoms with Gasteiger partial charge in [-0.25, -0.2) is 4.39 Å². The maximum absolute atomic E-state index is 13.9. The number of halogens is 1. The van der Waals surface area contributed by atoms with Gasteiger partial charge in [0, 0.05) is 18.7 Å². The summed E-state index contributed by atoms with van der Waals surface area (Å²) in [5, 5.41) is 12.5. The summed E-state index contributed by atoms with van der Waals surface area (Å²) in [4.78, 5) is 12.3. The fourth-order valence-corrected chi connectivity index (χ4v) is 2.47. The molecule has 0 aliphatic heterocycles. The highest BCUT2D eigenvalue weighted by Gasteiger charge is 2.52. The van der Waals surface area contributed by atoms with Gasteiger partial charge >= 0.3 is 0 Å². The van der Waals surface area contributed by atoms with Crippen molar-refractivity contribution in [2.24, 2.45) is 5.92 Å². The van der Waals surface area contributed by atoms with E-state index < -0.39 is 11.5 Å². The number of hydrogen-bond acceptors (Lipinski definition) is 3. The van der Waals surface area contributed by atoms with Crippen molar-refractivity contribution in [3.8, 4) is 0 Å². The van der Waals surface area contributed by atoms with E-state index in [1.165, 1.54) is 6.07 Å². The molecule has 2 N–H and O–H groups in total. The van der Waals surface area contributed by atoms with E-state index in [-0.39, 0.29) is 24.9 Å². The number of benzene rings is 1. The van der Waals surface area contributed by atoms with E-state index in [1.54, 1.807) is 18.2 Å². The normalized spacial score (nSPS) is 17.3. The Morgan fingerprint density at radius 1 is 1.36 bits per heavy atom. The lowest BCUT2D eigenvalue weighted by Crippen LogP contribution is -2.40. The molecule has 1 aliphatic rings. The van der Waals surface area contributed by atoms with Crippen molar-refractivity contribution in [2.45, 2.75) is 38.2 Å². The van der Waals surface area contributed by atoms with Crippen LogP contribution in [0.4, 0.5) is 4.39 Å². The first-order chi connectivity index (χ1) is 10.5. The Kier molecular flexibility index (Phi) is 5.53. The van der Waals surface area contributed by atoms with Gasteiger partial charge in [0.15, 0.2) is 0 Å². The highest BCUT2D eigenvalue weighted by Crippen LogP contribution is 2.49. The van der Waals surface area contributed by atoms with Gasteiger partial charge in [-0.3, -0.25) is 4.79 Å². The second-order valence-corrected chi connectivity index (χ2v) is 6.36. The third-order valence-electron chi connectivity index (χ3n) is 3.83. The fourth-order valence-electron chi connectivity index (χ4n) is 2.47. The lowest BCUT2D eigenvalue weighted by Gasteiger charge is -2.18. The average Bonchev–Trinajstić information content (AvgIpc) is 3.26. The second-order valence-electron chi connectivity index (χ2n) is 6.36. The maximum atomic E-state index is 13.9. The van der Waals surface area contributed by atoms with Crippen LogP contribution in [0.5, 0.6) is 0 Å². The predicted octanol–water partition coefficient (Wildman–Crippen LogP) is 2.01. The molecule has 122 valence electrons. The molecule has 1 fully saturated rings. The zero-order valence-corrected chi connectivity index (χ0v) is 13.1. The Bertz CT molecular complexity index is 514. The van der Waals surface area contributed by atoms with Gasteiger partial charge in [0.1, 0.15) is 5.82 Å². The van der Waals surface area contributed by atoms with Crippen molar-refractivity contribution in [3.63, 3.8) is 0 Å². The van der Waals surface area contributed by atoms with Gasteiger partial charge in [-0.05, 0) is 24.8 Å². The summed E-state index contributed by atoms with van der Waals surface area (Å²) in [7, 11) is 0. The minimum atomic E-state index is -0.760. The largest absolute Gasteiger partial charge is 0.389 e. The van der Waals surface area contributed by atoms with E-state index in [0.29, 0.717) is 30.9 Å². The first kappa shape index (κ1) is 16.9. The number of carbonyl (C=O) groups excluding carboxylic acids is 1. The number of hydrogen-bond donors (Lipinski definition) is 2. The molecule has 1 aliphatic carbocycles. The van der Waals surface area contributed by atoms with Gasteiger partial charge in [0.2, 0.25) is 5.91 Å². The van der Waals surface area contributed by atoms with E-state index in [4.69, 9.17) is 4.74 Å². The van der Waals surface area contributed by atoms with Crippen molar-refractivity contribution in [2.75, 3.05) is 19.8 Å². The van der Waals surface area contributed by atoms with Crippen LogP contribution in [0.3, 0.4) is 0 Å².